The van der Waals surface area contributed by atoms with Gasteiger partial charge in [0.25, 0.3) is 0 Å². The van der Waals surface area contributed by atoms with Crippen LogP contribution in [0.5, 0.6) is 0 Å². The van der Waals surface area contributed by atoms with E-state index in [9.17, 15) is 9.90 Å². The van der Waals surface area contributed by atoms with Crippen molar-refractivity contribution in [3.05, 3.63) is 11.6 Å². The zero-order chi connectivity index (χ0) is 10.1. The zero-order valence-electron chi connectivity index (χ0n) is 8.01. The molecule has 74 valence electrons. The summed E-state index contributed by atoms with van der Waals surface area (Å²) in [6.07, 6.45) is 3.20. The maximum absolute atomic E-state index is 11.4. The molecule has 0 saturated carbocycles. The van der Waals surface area contributed by atoms with E-state index in [0.29, 0.717) is 11.8 Å². The average Bonchev–Trinajstić information content (AvgIpc) is 2.09. The van der Waals surface area contributed by atoms with Gasteiger partial charge in [0, 0.05) is 11.8 Å². The number of hydrogen-bond acceptors (Lipinski definition) is 2. The Morgan fingerprint density at radius 1 is 1.77 bits per heavy atom. The summed E-state index contributed by atoms with van der Waals surface area (Å²) >= 11 is 3.26. The molecule has 2 nitrogen and oxygen atoms in total. The summed E-state index contributed by atoms with van der Waals surface area (Å²) in [5.74, 6) is 0.223. The van der Waals surface area contributed by atoms with Crippen LogP contribution in [-0.2, 0) is 4.79 Å². The first kappa shape index (κ1) is 10.9. The van der Waals surface area contributed by atoms with Gasteiger partial charge in [-0.2, -0.15) is 0 Å². The minimum atomic E-state index is -0.771. The Morgan fingerprint density at radius 3 is 2.85 bits per heavy atom. The first-order valence-corrected chi connectivity index (χ1v) is 5.58. The Bertz CT molecular complexity index is 243. The predicted octanol–water partition coefficient (Wildman–Crippen LogP) is 2.06. The molecule has 3 heteroatoms. The second kappa shape index (κ2) is 3.93. The lowest BCUT2D eigenvalue weighted by Crippen LogP contribution is -2.38. The third-order valence-electron chi connectivity index (χ3n) is 2.73. The number of ketones is 1. The normalized spacial score (nSPS) is 28.2. The number of carbonyl (C=O) groups excluding carboxylic acids is 1. The van der Waals surface area contributed by atoms with E-state index in [4.69, 9.17) is 0 Å². The van der Waals surface area contributed by atoms with Gasteiger partial charge in [0.1, 0.15) is 0 Å². The van der Waals surface area contributed by atoms with E-state index in [1.54, 1.807) is 6.92 Å². The van der Waals surface area contributed by atoms with Crippen molar-refractivity contribution < 1.29 is 9.90 Å². The van der Waals surface area contributed by atoms with Gasteiger partial charge in [0.2, 0.25) is 0 Å². The topological polar surface area (TPSA) is 37.3 Å². The summed E-state index contributed by atoms with van der Waals surface area (Å²) in [6.45, 7) is 3.61. The minimum Gasteiger partial charge on any atom is -0.389 e. The van der Waals surface area contributed by atoms with Crippen molar-refractivity contribution >= 4 is 21.7 Å². The molecule has 2 atom stereocenters. The standard InChI is InChI=1S/C10H15BrO2/c1-7-3-4-8(5-9(7)12)10(2,13)6-11/h3,8,13H,4-6H2,1-2H3. The fraction of sp³-hybridized carbons (Fsp3) is 0.700. The van der Waals surface area contributed by atoms with E-state index in [1.165, 1.54) is 0 Å². The zero-order valence-corrected chi connectivity index (χ0v) is 9.60. The van der Waals surface area contributed by atoms with Crippen LogP contribution in [0.25, 0.3) is 0 Å². The van der Waals surface area contributed by atoms with Crippen LogP contribution in [0.2, 0.25) is 0 Å². The van der Waals surface area contributed by atoms with E-state index in [2.05, 4.69) is 15.9 Å². The lowest BCUT2D eigenvalue weighted by molar-refractivity contribution is -0.119. The molecule has 0 amide bonds. The van der Waals surface area contributed by atoms with Crippen LogP contribution >= 0.6 is 15.9 Å². The van der Waals surface area contributed by atoms with Crippen LogP contribution in [0.15, 0.2) is 11.6 Å². The summed E-state index contributed by atoms with van der Waals surface area (Å²) in [5, 5.41) is 10.4. The highest BCUT2D eigenvalue weighted by Crippen LogP contribution is 2.31. The van der Waals surface area contributed by atoms with E-state index < -0.39 is 5.60 Å². The summed E-state index contributed by atoms with van der Waals surface area (Å²) in [5.41, 5.74) is 0.0639. The highest BCUT2D eigenvalue weighted by atomic mass is 79.9. The molecule has 0 aromatic rings. The van der Waals surface area contributed by atoms with Crippen LogP contribution < -0.4 is 0 Å². The van der Waals surface area contributed by atoms with Crippen molar-refractivity contribution in [2.24, 2.45) is 5.92 Å². The van der Waals surface area contributed by atoms with Gasteiger partial charge in [-0.3, -0.25) is 4.79 Å². The molecular formula is C10H15BrO2. The highest BCUT2D eigenvalue weighted by Gasteiger charge is 2.33. The Kier molecular flexibility index (Phi) is 3.30. The monoisotopic (exact) mass is 246 g/mol. The molecule has 0 radical (unpaired) electrons. The van der Waals surface area contributed by atoms with E-state index in [-0.39, 0.29) is 11.7 Å². The van der Waals surface area contributed by atoms with Crippen molar-refractivity contribution in [2.45, 2.75) is 32.3 Å². The van der Waals surface area contributed by atoms with Crippen molar-refractivity contribution in [1.29, 1.82) is 0 Å². The molecule has 0 heterocycles. The molecule has 1 aliphatic rings. The predicted molar refractivity (Wildman–Crippen MR) is 55.9 cm³/mol. The smallest absolute Gasteiger partial charge is 0.158 e. The van der Waals surface area contributed by atoms with Gasteiger partial charge < -0.3 is 5.11 Å². The molecule has 1 aliphatic carbocycles. The summed E-state index contributed by atoms with van der Waals surface area (Å²) < 4.78 is 0. The summed E-state index contributed by atoms with van der Waals surface area (Å²) in [7, 11) is 0. The molecule has 1 rings (SSSR count). The molecule has 0 saturated heterocycles. The molecule has 0 fully saturated rings. The van der Waals surface area contributed by atoms with Gasteiger partial charge in [0.05, 0.1) is 5.60 Å². The van der Waals surface area contributed by atoms with Crippen LogP contribution in [0.4, 0.5) is 0 Å². The third-order valence-corrected chi connectivity index (χ3v) is 3.87. The quantitative estimate of drug-likeness (QED) is 0.758. The molecule has 0 aromatic heterocycles. The second-order valence-electron chi connectivity index (χ2n) is 3.94. The number of alkyl halides is 1. The molecule has 0 spiro atoms. The first-order valence-electron chi connectivity index (χ1n) is 4.45. The third kappa shape index (κ3) is 2.41. The maximum atomic E-state index is 11.4. The molecule has 2 unspecified atom stereocenters. The van der Waals surface area contributed by atoms with Gasteiger partial charge in [-0.15, -0.1) is 0 Å². The molecule has 0 aliphatic heterocycles. The molecule has 1 N–H and O–H groups in total. The van der Waals surface area contributed by atoms with Crippen molar-refractivity contribution in [1.82, 2.24) is 0 Å². The van der Waals surface area contributed by atoms with Gasteiger partial charge in [0.15, 0.2) is 5.78 Å². The van der Waals surface area contributed by atoms with Crippen molar-refractivity contribution in [3.8, 4) is 0 Å². The number of Topliss-reactive ketones (excluding diaryl/α,β-unsaturated/α-hetero) is 1. The lowest BCUT2D eigenvalue weighted by Gasteiger charge is -2.32. The number of aliphatic hydroxyl groups is 1. The second-order valence-corrected chi connectivity index (χ2v) is 4.50. The van der Waals surface area contributed by atoms with E-state index >= 15 is 0 Å². The van der Waals surface area contributed by atoms with E-state index in [1.807, 2.05) is 13.0 Å². The van der Waals surface area contributed by atoms with Crippen LogP contribution in [0.3, 0.4) is 0 Å². The molecular weight excluding hydrogens is 232 g/mol. The lowest BCUT2D eigenvalue weighted by atomic mass is 9.79. The Morgan fingerprint density at radius 2 is 2.38 bits per heavy atom. The number of hydrogen-bond donors (Lipinski definition) is 1. The van der Waals surface area contributed by atoms with Crippen LogP contribution in [0.1, 0.15) is 26.7 Å². The van der Waals surface area contributed by atoms with Crippen molar-refractivity contribution in [3.63, 3.8) is 0 Å². The average molecular weight is 247 g/mol. The number of halogens is 1. The van der Waals surface area contributed by atoms with Gasteiger partial charge in [-0.1, -0.05) is 22.0 Å². The SMILES string of the molecule is CC1=CCC(C(C)(O)CBr)CC1=O. The molecule has 0 aromatic carbocycles. The Balaban J connectivity index is 2.73. The minimum absolute atomic E-state index is 0.0584. The Labute approximate surface area is 87.2 Å². The van der Waals surface area contributed by atoms with Gasteiger partial charge in [-0.05, 0) is 31.8 Å². The fourth-order valence-electron chi connectivity index (χ4n) is 1.48. The number of carbonyl (C=O) groups is 1. The fourth-order valence-corrected chi connectivity index (χ4v) is 1.94. The summed E-state index contributed by atoms with van der Waals surface area (Å²) in [4.78, 5) is 11.4. The van der Waals surface area contributed by atoms with E-state index in [0.717, 1.165) is 12.0 Å². The molecule has 13 heavy (non-hydrogen) atoms. The molecule has 0 bridgehead atoms. The highest BCUT2D eigenvalue weighted by molar-refractivity contribution is 9.09. The van der Waals surface area contributed by atoms with Gasteiger partial charge >= 0.3 is 0 Å². The first-order chi connectivity index (χ1) is 5.97. The number of allylic oxidation sites excluding steroid dienone is 2. The largest absolute Gasteiger partial charge is 0.389 e. The Hall–Kier alpha value is -0.150. The summed E-state index contributed by atoms with van der Waals surface area (Å²) in [6, 6.07) is 0. The van der Waals surface area contributed by atoms with Gasteiger partial charge in [-0.25, -0.2) is 0 Å². The number of rotatable bonds is 2. The van der Waals surface area contributed by atoms with Crippen molar-refractivity contribution in [2.75, 3.05) is 5.33 Å². The van der Waals surface area contributed by atoms with Crippen LogP contribution in [-0.4, -0.2) is 21.8 Å². The maximum Gasteiger partial charge on any atom is 0.158 e. The van der Waals surface area contributed by atoms with Crippen LogP contribution in [0, 0.1) is 5.92 Å².